The van der Waals surface area contributed by atoms with Gasteiger partial charge in [0.15, 0.2) is 0 Å². The molecule has 0 unspecified atom stereocenters. The lowest BCUT2D eigenvalue weighted by atomic mass is 9.91. The van der Waals surface area contributed by atoms with Crippen LogP contribution in [-0.2, 0) is 10.0 Å². The van der Waals surface area contributed by atoms with Crippen LogP contribution in [0, 0.1) is 11.8 Å². The molecule has 1 saturated heterocycles. The van der Waals surface area contributed by atoms with Gasteiger partial charge >= 0.3 is 0 Å². The van der Waals surface area contributed by atoms with E-state index in [1.54, 1.807) is 4.31 Å². The number of halogens is 1. The van der Waals surface area contributed by atoms with E-state index in [4.69, 9.17) is 0 Å². The lowest BCUT2D eigenvalue weighted by molar-refractivity contribution is 0.260. The van der Waals surface area contributed by atoms with Crippen molar-refractivity contribution in [1.82, 2.24) is 9.62 Å². The Labute approximate surface area is 136 Å². The summed E-state index contributed by atoms with van der Waals surface area (Å²) in [5, 5.41) is 3.18. The first kappa shape index (κ1) is 19.2. The number of hydrogen-bond acceptors (Lipinski definition) is 3. The molecule has 0 atom stereocenters. The van der Waals surface area contributed by atoms with Crippen LogP contribution in [0.2, 0.25) is 0 Å². The Morgan fingerprint density at radius 3 is 2.19 bits per heavy atom. The lowest BCUT2D eigenvalue weighted by Gasteiger charge is -2.32. The highest BCUT2D eigenvalue weighted by Gasteiger charge is 2.30. The fourth-order valence-corrected chi connectivity index (χ4v) is 5.49. The van der Waals surface area contributed by atoms with Crippen molar-refractivity contribution in [2.45, 2.75) is 51.4 Å². The second-order valence-corrected chi connectivity index (χ2v) is 8.53. The van der Waals surface area contributed by atoms with Gasteiger partial charge in [0.05, 0.1) is 5.75 Å². The number of nitrogens with one attached hydrogen (secondary N) is 1. The van der Waals surface area contributed by atoms with E-state index in [1.807, 2.05) is 7.05 Å². The van der Waals surface area contributed by atoms with E-state index < -0.39 is 10.0 Å². The zero-order chi connectivity index (χ0) is 14.4. The van der Waals surface area contributed by atoms with Gasteiger partial charge in [-0.3, -0.25) is 0 Å². The molecule has 0 aromatic rings. The number of piperidine rings is 1. The van der Waals surface area contributed by atoms with Crippen LogP contribution < -0.4 is 5.32 Å². The van der Waals surface area contributed by atoms with E-state index in [0.717, 1.165) is 45.3 Å². The van der Waals surface area contributed by atoms with Crippen molar-refractivity contribution in [2.24, 2.45) is 11.8 Å². The first-order valence-electron chi connectivity index (χ1n) is 8.24. The van der Waals surface area contributed by atoms with Crippen molar-refractivity contribution in [1.29, 1.82) is 0 Å². The molecule has 2 rings (SSSR count). The van der Waals surface area contributed by atoms with Gasteiger partial charge in [-0.2, -0.15) is 0 Å². The fourth-order valence-electron chi connectivity index (χ4n) is 3.58. The lowest BCUT2D eigenvalue weighted by Crippen LogP contribution is -2.41. The second-order valence-electron chi connectivity index (χ2n) is 6.52. The average Bonchev–Trinajstić information content (AvgIpc) is 2.46. The molecule has 0 amide bonds. The number of nitrogens with zero attached hydrogens (tertiary/aromatic N) is 1. The molecular weight excluding hydrogens is 308 g/mol. The third-order valence-corrected chi connectivity index (χ3v) is 6.99. The Bertz CT molecular complexity index is 375. The molecule has 0 spiro atoms. The summed E-state index contributed by atoms with van der Waals surface area (Å²) < 4.78 is 26.7. The van der Waals surface area contributed by atoms with Crippen molar-refractivity contribution >= 4 is 22.4 Å². The Balaban J connectivity index is 0.00000220. The first-order valence-corrected chi connectivity index (χ1v) is 9.85. The van der Waals surface area contributed by atoms with Crippen LogP contribution in [-0.4, -0.2) is 45.2 Å². The molecule has 0 bridgehead atoms. The summed E-state index contributed by atoms with van der Waals surface area (Å²) in [7, 11) is -1.03. The topological polar surface area (TPSA) is 49.4 Å². The second kappa shape index (κ2) is 9.33. The van der Waals surface area contributed by atoms with Crippen molar-refractivity contribution in [2.75, 3.05) is 32.4 Å². The molecule has 4 nitrogen and oxygen atoms in total. The van der Waals surface area contributed by atoms with Gasteiger partial charge in [-0.15, -0.1) is 12.4 Å². The average molecular weight is 339 g/mol. The molecular formula is C15H31ClN2O2S. The van der Waals surface area contributed by atoms with E-state index >= 15 is 0 Å². The van der Waals surface area contributed by atoms with Gasteiger partial charge in [-0.1, -0.05) is 19.3 Å². The summed E-state index contributed by atoms with van der Waals surface area (Å²) in [4.78, 5) is 0. The summed E-state index contributed by atoms with van der Waals surface area (Å²) in [6.45, 7) is 2.52. The highest BCUT2D eigenvalue weighted by molar-refractivity contribution is 7.89. The standard InChI is InChI=1S/C15H30N2O2S.ClH/c1-16-10-7-14-8-11-17(12-9-14)20(18,19)13-15-5-3-2-4-6-15;/h14-16H,2-13H2,1H3;1H. The van der Waals surface area contributed by atoms with Crippen molar-refractivity contribution in [3.63, 3.8) is 0 Å². The van der Waals surface area contributed by atoms with Crippen LogP contribution in [0.5, 0.6) is 0 Å². The van der Waals surface area contributed by atoms with Crippen LogP contribution in [0.25, 0.3) is 0 Å². The molecule has 6 heteroatoms. The number of sulfonamides is 1. The van der Waals surface area contributed by atoms with E-state index in [9.17, 15) is 8.42 Å². The Hall–Kier alpha value is 0.160. The Morgan fingerprint density at radius 2 is 1.62 bits per heavy atom. The minimum Gasteiger partial charge on any atom is -0.320 e. The zero-order valence-corrected chi connectivity index (χ0v) is 14.9. The van der Waals surface area contributed by atoms with Crippen LogP contribution in [0.4, 0.5) is 0 Å². The summed E-state index contributed by atoms with van der Waals surface area (Å²) in [5.41, 5.74) is 0. The fraction of sp³-hybridized carbons (Fsp3) is 1.00. The maximum absolute atomic E-state index is 12.5. The summed E-state index contributed by atoms with van der Waals surface area (Å²) in [5.74, 6) is 1.51. The van der Waals surface area contributed by atoms with E-state index in [0.29, 0.717) is 17.6 Å². The van der Waals surface area contributed by atoms with Gasteiger partial charge in [0.1, 0.15) is 0 Å². The predicted molar refractivity (Wildman–Crippen MR) is 90.5 cm³/mol. The molecule has 2 aliphatic rings. The van der Waals surface area contributed by atoms with Crippen LogP contribution in [0.3, 0.4) is 0 Å². The molecule has 1 aliphatic carbocycles. The van der Waals surface area contributed by atoms with Gasteiger partial charge in [-0.05, 0) is 57.5 Å². The molecule has 1 heterocycles. The first-order chi connectivity index (χ1) is 9.62. The van der Waals surface area contributed by atoms with Gasteiger partial charge in [-0.25, -0.2) is 12.7 Å². The molecule has 2 fully saturated rings. The van der Waals surface area contributed by atoms with Crippen LogP contribution >= 0.6 is 12.4 Å². The maximum Gasteiger partial charge on any atom is 0.214 e. The third kappa shape index (κ3) is 6.05. The Kier molecular flexibility index (Phi) is 8.54. The maximum atomic E-state index is 12.5. The molecule has 0 radical (unpaired) electrons. The smallest absolute Gasteiger partial charge is 0.214 e. The molecule has 0 aromatic heterocycles. The molecule has 1 aliphatic heterocycles. The SMILES string of the molecule is CNCCC1CCN(S(=O)(=O)CC2CCCCC2)CC1.Cl. The third-order valence-electron chi connectivity index (χ3n) is 4.94. The van der Waals surface area contributed by atoms with Crippen LogP contribution in [0.1, 0.15) is 51.4 Å². The summed E-state index contributed by atoms with van der Waals surface area (Å²) in [6.07, 6.45) is 9.17. The molecule has 0 aromatic carbocycles. The minimum atomic E-state index is -3.01. The number of rotatable bonds is 6. The number of hydrogen-bond donors (Lipinski definition) is 1. The Morgan fingerprint density at radius 1 is 1.00 bits per heavy atom. The van der Waals surface area contributed by atoms with Gasteiger partial charge in [0, 0.05) is 13.1 Å². The summed E-state index contributed by atoms with van der Waals surface area (Å²) >= 11 is 0. The van der Waals surface area contributed by atoms with E-state index in [1.165, 1.54) is 25.7 Å². The normalized spacial score (nSPS) is 22.9. The molecule has 126 valence electrons. The zero-order valence-electron chi connectivity index (χ0n) is 13.2. The molecule has 21 heavy (non-hydrogen) atoms. The summed E-state index contributed by atoms with van der Waals surface area (Å²) in [6, 6.07) is 0. The minimum absolute atomic E-state index is 0. The molecule has 1 N–H and O–H groups in total. The van der Waals surface area contributed by atoms with Crippen molar-refractivity contribution in [3.8, 4) is 0 Å². The largest absolute Gasteiger partial charge is 0.320 e. The monoisotopic (exact) mass is 338 g/mol. The van der Waals surface area contributed by atoms with Crippen LogP contribution in [0.15, 0.2) is 0 Å². The van der Waals surface area contributed by atoms with E-state index in [2.05, 4.69) is 5.32 Å². The van der Waals surface area contributed by atoms with Crippen molar-refractivity contribution < 1.29 is 8.42 Å². The van der Waals surface area contributed by atoms with Crippen molar-refractivity contribution in [3.05, 3.63) is 0 Å². The van der Waals surface area contributed by atoms with Gasteiger partial charge in [0.2, 0.25) is 10.0 Å². The van der Waals surface area contributed by atoms with E-state index in [-0.39, 0.29) is 12.4 Å². The highest BCUT2D eigenvalue weighted by Crippen LogP contribution is 2.28. The highest BCUT2D eigenvalue weighted by atomic mass is 35.5. The molecule has 1 saturated carbocycles. The van der Waals surface area contributed by atoms with Gasteiger partial charge < -0.3 is 5.32 Å². The predicted octanol–water partition coefficient (Wildman–Crippen LogP) is 2.64. The quantitative estimate of drug-likeness (QED) is 0.810. The van der Waals surface area contributed by atoms with Gasteiger partial charge in [0.25, 0.3) is 0 Å².